The molecule has 23 heavy (non-hydrogen) atoms. The minimum atomic E-state index is -0.751. The molecule has 126 valence electrons. The lowest BCUT2D eigenvalue weighted by atomic mass is 9.78. The predicted molar refractivity (Wildman–Crippen MR) is 87.5 cm³/mol. The van der Waals surface area contributed by atoms with Gasteiger partial charge in [0, 0.05) is 11.1 Å². The normalized spacial score (nSPS) is 24.0. The number of phenolic OH excluding ortho intramolecular Hbond substituents is 1. The van der Waals surface area contributed by atoms with E-state index in [1.54, 1.807) is 0 Å². The Morgan fingerprint density at radius 3 is 2.78 bits per heavy atom. The number of hydrogen-bond donors (Lipinski definition) is 2. The molecule has 1 aromatic carbocycles. The smallest absolute Gasteiger partial charge is 0.342 e. The Bertz CT molecular complexity index is 590. The molecule has 5 nitrogen and oxygen atoms in total. The largest absolute Gasteiger partial charge is 0.507 e. The Kier molecular flexibility index (Phi) is 5.88. The van der Waals surface area contributed by atoms with Crippen LogP contribution in [0.25, 0.3) is 0 Å². The molecule has 0 spiro atoms. The van der Waals surface area contributed by atoms with E-state index in [-0.39, 0.29) is 29.9 Å². The van der Waals surface area contributed by atoms with Crippen molar-refractivity contribution in [3.05, 3.63) is 28.8 Å². The minimum absolute atomic E-state index is 0.0122. The van der Waals surface area contributed by atoms with Gasteiger partial charge in [0.1, 0.15) is 11.3 Å². The molecule has 0 heterocycles. The summed E-state index contributed by atoms with van der Waals surface area (Å²) in [6.07, 6.45) is 3.22. The van der Waals surface area contributed by atoms with Crippen molar-refractivity contribution in [1.29, 1.82) is 0 Å². The maximum Gasteiger partial charge on any atom is 0.342 e. The summed E-state index contributed by atoms with van der Waals surface area (Å²) in [6, 6.07) is 4.21. The number of carbonyl (C=O) groups is 2. The number of rotatable bonds is 4. The molecule has 1 fully saturated rings. The first-order valence-electron chi connectivity index (χ1n) is 7.83. The van der Waals surface area contributed by atoms with Crippen LogP contribution in [0.1, 0.15) is 43.5 Å². The molecule has 0 aromatic heterocycles. The van der Waals surface area contributed by atoms with Gasteiger partial charge in [-0.05, 0) is 36.5 Å². The maximum absolute atomic E-state index is 12.0. The van der Waals surface area contributed by atoms with Crippen LogP contribution in [-0.2, 0) is 9.53 Å². The average Bonchev–Trinajstić information content (AvgIpc) is 2.49. The van der Waals surface area contributed by atoms with Gasteiger partial charge in [-0.25, -0.2) is 4.79 Å². The quantitative estimate of drug-likeness (QED) is 0.826. The predicted octanol–water partition coefficient (Wildman–Crippen LogP) is 3.14. The number of ether oxygens (including phenoxy) is 1. The number of halogens is 1. The molecule has 3 atom stereocenters. The Morgan fingerprint density at radius 1 is 1.35 bits per heavy atom. The van der Waals surface area contributed by atoms with Crippen molar-refractivity contribution in [3.63, 3.8) is 0 Å². The number of esters is 1. The number of aromatic hydroxyl groups is 1. The van der Waals surface area contributed by atoms with E-state index in [1.807, 2.05) is 0 Å². The zero-order chi connectivity index (χ0) is 17.0. The van der Waals surface area contributed by atoms with Crippen molar-refractivity contribution in [2.75, 3.05) is 6.61 Å². The van der Waals surface area contributed by atoms with Gasteiger partial charge in [-0.15, -0.1) is 0 Å². The highest BCUT2D eigenvalue weighted by Crippen LogP contribution is 2.29. The zero-order valence-corrected chi connectivity index (χ0v) is 14.1. The fraction of sp³-hybridized carbons (Fsp3) is 0.529. The summed E-state index contributed by atoms with van der Waals surface area (Å²) in [5.41, 5.74) is -0.0122. The second-order valence-electron chi connectivity index (χ2n) is 6.18. The second-order valence-corrected chi connectivity index (χ2v) is 6.62. The van der Waals surface area contributed by atoms with Crippen LogP contribution < -0.4 is 5.32 Å². The summed E-state index contributed by atoms with van der Waals surface area (Å²) >= 11 is 5.71. The lowest BCUT2D eigenvalue weighted by Crippen LogP contribution is -2.45. The van der Waals surface area contributed by atoms with Gasteiger partial charge in [-0.1, -0.05) is 38.3 Å². The molecule has 0 radical (unpaired) electrons. The summed E-state index contributed by atoms with van der Waals surface area (Å²) in [6.45, 7) is 3.96. The fourth-order valence-corrected chi connectivity index (χ4v) is 3.09. The van der Waals surface area contributed by atoms with E-state index in [0.29, 0.717) is 16.9 Å². The Balaban J connectivity index is 1.85. The van der Waals surface area contributed by atoms with Gasteiger partial charge in [0.2, 0.25) is 0 Å². The van der Waals surface area contributed by atoms with E-state index >= 15 is 0 Å². The summed E-state index contributed by atoms with van der Waals surface area (Å²) in [4.78, 5) is 23.9. The molecule has 0 unspecified atom stereocenters. The molecule has 0 saturated heterocycles. The average molecular weight is 340 g/mol. The van der Waals surface area contributed by atoms with Crippen LogP contribution in [0.2, 0.25) is 5.02 Å². The minimum Gasteiger partial charge on any atom is -0.507 e. The van der Waals surface area contributed by atoms with Crippen LogP contribution in [0.5, 0.6) is 5.75 Å². The standard InChI is InChI=1S/C17H22ClNO4/c1-10-4-3-5-14(11(10)2)19-16(21)9-23-17(22)13-7-6-12(18)8-15(13)20/h6-8,10-11,14,20H,3-5,9H2,1-2H3,(H,19,21)/t10-,11-,14+/m1/s1. The maximum atomic E-state index is 12.0. The third kappa shape index (κ3) is 4.61. The lowest BCUT2D eigenvalue weighted by molar-refractivity contribution is -0.125. The van der Waals surface area contributed by atoms with Crippen molar-refractivity contribution < 1.29 is 19.4 Å². The van der Waals surface area contributed by atoms with Crippen LogP contribution in [0.3, 0.4) is 0 Å². The van der Waals surface area contributed by atoms with Crippen molar-refractivity contribution in [2.45, 2.75) is 39.2 Å². The molecule has 1 saturated carbocycles. The summed E-state index contributed by atoms with van der Waals surface area (Å²) in [5, 5.41) is 12.9. The van der Waals surface area contributed by atoms with Crippen LogP contribution in [0.4, 0.5) is 0 Å². The highest BCUT2D eigenvalue weighted by Gasteiger charge is 2.28. The molecule has 2 rings (SSSR count). The van der Waals surface area contributed by atoms with Gasteiger partial charge in [0.25, 0.3) is 5.91 Å². The third-order valence-electron chi connectivity index (χ3n) is 4.57. The van der Waals surface area contributed by atoms with E-state index in [2.05, 4.69) is 19.2 Å². The fourth-order valence-electron chi connectivity index (χ4n) is 2.92. The van der Waals surface area contributed by atoms with Gasteiger partial charge in [-0.2, -0.15) is 0 Å². The van der Waals surface area contributed by atoms with Crippen LogP contribution in [0, 0.1) is 11.8 Å². The molecular formula is C17H22ClNO4. The Morgan fingerprint density at radius 2 is 2.09 bits per heavy atom. The number of hydrogen-bond acceptors (Lipinski definition) is 4. The number of carbonyl (C=O) groups excluding carboxylic acids is 2. The highest BCUT2D eigenvalue weighted by atomic mass is 35.5. The summed E-state index contributed by atoms with van der Waals surface area (Å²) in [7, 11) is 0. The zero-order valence-electron chi connectivity index (χ0n) is 13.3. The molecule has 1 aliphatic rings. The SMILES string of the molecule is C[C@@H]1[C@H](C)CCC[C@@H]1NC(=O)COC(=O)c1ccc(Cl)cc1O. The van der Waals surface area contributed by atoms with E-state index in [4.69, 9.17) is 16.3 Å². The van der Waals surface area contributed by atoms with E-state index < -0.39 is 5.97 Å². The third-order valence-corrected chi connectivity index (χ3v) is 4.80. The van der Waals surface area contributed by atoms with E-state index in [9.17, 15) is 14.7 Å². The Labute approximate surface area is 141 Å². The first-order chi connectivity index (χ1) is 10.9. The highest BCUT2D eigenvalue weighted by molar-refractivity contribution is 6.30. The summed E-state index contributed by atoms with van der Waals surface area (Å²) < 4.78 is 4.96. The molecule has 1 aromatic rings. The second kappa shape index (κ2) is 7.68. The molecule has 1 amide bonds. The number of benzene rings is 1. The number of phenols is 1. The van der Waals surface area contributed by atoms with Crippen molar-refractivity contribution in [2.24, 2.45) is 11.8 Å². The van der Waals surface area contributed by atoms with Gasteiger partial charge in [0.05, 0.1) is 0 Å². The molecule has 0 bridgehead atoms. The lowest BCUT2D eigenvalue weighted by Gasteiger charge is -2.34. The molecular weight excluding hydrogens is 318 g/mol. The van der Waals surface area contributed by atoms with Crippen LogP contribution in [-0.4, -0.2) is 29.6 Å². The monoisotopic (exact) mass is 339 g/mol. The molecule has 0 aliphatic heterocycles. The summed E-state index contributed by atoms with van der Waals surface area (Å²) in [5.74, 6) is -0.360. The number of amides is 1. The first-order valence-corrected chi connectivity index (χ1v) is 8.21. The first kappa shape index (κ1) is 17.6. The van der Waals surface area contributed by atoms with Crippen molar-refractivity contribution >= 4 is 23.5 Å². The van der Waals surface area contributed by atoms with Crippen LogP contribution >= 0.6 is 11.6 Å². The van der Waals surface area contributed by atoms with E-state index in [1.165, 1.54) is 24.6 Å². The van der Waals surface area contributed by atoms with Gasteiger partial charge >= 0.3 is 5.97 Å². The van der Waals surface area contributed by atoms with Gasteiger partial charge < -0.3 is 15.2 Å². The van der Waals surface area contributed by atoms with E-state index in [0.717, 1.165) is 12.8 Å². The van der Waals surface area contributed by atoms with Gasteiger partial charge in [0.15, 0.2) is 6.61 Å². The molecule has 6 heteroatoms. The van der Waals surface area contributed by atoms with Crippen molar-refractivity contribution in [1.82, 2.24) is 5.32 Å². The molecule has 1 aliphatic carbocycles. The molecule has 2 N–H and O–H groups in total. The topological polar surface area (TPSA) is 75.6 Å². The van der Waals surface area contributed by atoms with Gasteiger partial charge in [-0.3, -0.25) is 4.79 Å². The van der Waals surface area contributed by atoms with Crippen molar-refractivity contribution in [3.8, 4) is 5.75 Å². The Hall–Kier alpha value is -1.75. The van der Waals surface area contributed by atoms with Crippen LogP contribution in [0.15, 0.2) is 18.2 Å². The number of nitrogens with one attached hydrogen (secondary N) is 1.